The molecule has 1 aromatic carbocycles. The first kappa shape index (κ1) is 14.8. The zero-order valence-corrected chi connectivity index (χ0v) is 12.4. The molecule has 0 radical (unpaired) electrons. The first-order valence-corrected chi connectivity index (χ1v) is 7.20. The van der Waals surface area contributed by atoms with Crippen LogP contribution in [0.5, 0.6) is 0 Å². The largest absolute Gasteiger partial charge is 0.388 e. The average molecular weight is 277 g/mol. The van der Waals surface area contributed by atoms with Crippen LogP contribution in [0.3, 0.4) is 0 Å². The van der Waals surface area contributed by atoms with E-state index in [4.69, 9.17) is 0 Å². The third-order valence-electron chi connectivity index (χ3n) is 3.61. The Morgan fingerprint density at radius 1 is 1.45 bits per heavy atom. The van der Waals surface area contributed by atoms with Gasteiger partial charge in [0.25, 0.3) is 5.69 Å². The fourth-order valence-corrected chi connectivity index (χ4v) is 2.54. The zero-order valence-electron chi connectivity index (χ0n) is 12.4. The van der Waals surface area contributed by atoms with E-state index in [0.717, 1.165) is 24.3 Å². The highest BCUT2D eigenvalue weighted by molar-refractivity contribution is 5.55. The van der Waals surface area contributed by atoms with Crippen LogP contribution in [0.2, 0.25) is 0 Å². The second-order valence-electron chi connectivity index (χ2n) is 5.90. The average Bonchev–Trinajstić information content (AvgIpc) is 3.21. The summed E-state index contributed by atoms with van der Waals surface area (Å²) in [5, 5.41) is 14.1. The third-order valence-corrected chi connectivity index (χ3v) is 3.61. The molecular formula is C15H23N3O2. The maximum atomic E-state index is 10.9. The molecule has 1 aliphatic carbocycles. The first-order valence-electron chi connectivity index (χ1n) is 7.20. The Morgan fingerprint density at radius 2 is 2.15 bits per heavy atom. The first-order chi connectivity index (χ1) is 9.51. The van der Waals surface area contributed by atoms with E-state index in [1.165, 1.54) is 12.8 Å². The lowest BCUT2D eigenvalue weighted by molar-refractivity contribution is -0.384. The van der Waals surface area contributed by atoms with Crippen molar-refractivity contribution < 1.29 is 4.92 Å². The third kappa shape index (κ3) is 3.70. The normalized spacial score (nSPS) is 14.8. The highest BCUT2D eigenvalue weighted by Gasteiger charge is 2.29. The molecule has 0 aromatic heterocycles. The molecule has 0 unspecified atom stereocenters. The number of nitro benzene ring substituents is 1. The van der Waals surface area contributed by atoms with Crippen LogP contribution in [-0.4, -0.2) is 29.5 Å². The molecule has 1 fully saturated rings. The van der Waals surface area contributed by atoms with Crippen molar-refractivity contribution in [2.24, 2.45) is 5.92 Å². The van der Waals surface area contributed by atoms with Gasteiger partial charge in [0.1, 0.15) is 0 Å². The van der Waals surface area contributed by atoms with Gasteiger partial charge in [0.05, 0.1) is 4.92 Å². The molecule has 0 spiro atoms. The van der Waals surface area contributed by atoms with Gasteiger partial charge in [-0.1, -0.05) is 13.8 Å². The summed E-state index contributed by atoms with van der Waals surface area (Å²) in [6, 6.07) is 5.70. The Bertz CT molecular complexity index is 484. The lowest BCUT2D eigenvalue weighted by Crippen LogP contribution is -2.29. The zero-order chi connectivity index (χ0) is 14.7. The molecule has 0 heterocycles. The van der Waals surface area contributed by atoms with Crippen molar-refractivity contribution in [3.05, 3.63) is 33.9 Å². The second-order valence-corrected chi connectivity index (χ2v) is 5.90. The van der Waals surface area contributed by atoms with Gasteiger partial charge in [0, 0.05) is 44.0 Å². The molecule has 2 rings (SSSR count). The molecule has 0 amide bonds. The van der Waals surface area contributed by atoms with Gasteiger partial charge in [-0.15, -0.1) is 0 Å². The fourth-order valence-electron chi connectivity index (χ4n) is 2.54. The molecular weight excluding hydrogens is 254 g/mol. The van der Waals surface area contributed by atoms with Crippen LogP contribution < -0.4 is 5.32 Å². The van der Waals surface area contributed by atoms with E-state index in [0.29, 0.717) is 12.0 Å². The summed E-state index contributed by atoms with van der Waals surface area (Å²) in [6.07, 6.45) is 2.49. The van der Waals surface area contributed by atoms with Gasteiger partial charge >= 0.3 is 0 Å². The van der Waals surface area contributed by atoms with Crippen molar-refractivity contribution in [1.82, 2.24) is 4.90 Å². The maximum absolute atomic E-state index is 10.9. The van der Waals surface area contributed by atoms with Gasteiger partial charge in [0.15, 0.2) is 0 Å². The number of nitro groups is 1. The molecule has 1 aromatic rings. The summed E-state index contributed by atoms with van der Waals surface area (Å²) in [5.74, 6) is 0.604. The van der Waals surface area contributed by atoms with Crippen LogP contribution in [-0.2, 0) is 6.54 Å². The number of anilines is 1. The minimum atomic E-state index is -0.327. The van der Waals surface area contributed by atoms with Crippen LogP contribution in [0.15, 0.2) is 18.2 Å². The van der Waals surface area contributed by atoms with Gasteiger partial charge in [-0.25, -0.2) is 0 Å². The summed E-state index contributed by atoms with van der Waals surface area (Å²) in [4.78, 5) is 13.1. The molecule has 1 aliphatic rings. The predicted octanol–water partition coefficient (Wildman–Crippen LogP) is 3.26. The van der Waals surface area contributed by atoms with E-state index in [9.17, 15) is 10.1 Å². The molecule has 1 saturated carbocycles. The van der Waals surface area contributed by atoms with E-state index < -0.39 is 0 Å². The van der Waals surface area contributed by atoms with Crippen molar-refractivity contribution in [2.75, 3.05) is 18.9 Å². The van der Waals surface area contributed by atoms with Crippen molar-refractivity contribution in [1.29, 1.82) is 0 Å². The highest BCUT2D eigenvalue weighted by atomic mass is 16.6. The summed E-state index contributed by atoms with van der Waals surface area (Å²) in [6.45, 7) is 6.24. The Labute approximate surface area is 120 Å². The Hall–Kier alpha value is -1.62. The van der Waals surface area contributed by atoms with Gasteiger partial charge in [-0.3, -0.25) is 15.0 Å². The minimum Gasteiger partial charge on any atom is -0.388 e. The molecule has 0 saturated heterocycles. The topological polar surface area (TPSA) is 58.4 Å². The van der Waals surface area contributed by atoms with E-state index in [2.05, 4.69) is 24.1 Å². The van der Waals surface area contributed by atoms with Crippen LogP contribution in [0, 0.1) is 16.0 Å². The molecule has 1 N–H and O–H groups in total. The number of nitrogens with one attached hydrogen (secondary N) is 1. The molecule has 5 nitrogen and oxygen atoms in total. The van der Waals surface area contributed by atoms with Crippen LogP contribution >= 0.6 is 0 Å². The summed E-state index contributed by atoms with van der Waals surface area (Å²) in [7, 11) is 1.86. The van der Waals surface area contributed by atoms with E-state index >= 15 is 0 Å². The van der Waals surface area contributed by atoms with Crippen LogP contribution in [0.1, 0.15) is 32.3 Å². The lowest BCUT2D eigenvalue weighted by atomic mass is 10.1. The predicted molar refractivity (Wildman–Crippen MR) is 80.9 cm³/mol. The maximum Gasteiger partial charge on any atom is 0.269 e. The number of hydrogen-bond donors (Lipinski definition) is 1. The highest BCUT2D eigenvalue weighted by Crippen LogP contribution is 2.31. The van der Waals surface area contributed by atoms with E-state index in [1.54, 1.807) is 18.2 Å². The van der Waals surface area contributed by atoms with E-state index in [1.807, 2.05) is 7.05 Å². The SMILES string of the molecule is CNc1ccc([N+](=O)[O-])cc1CN(CC(C)C)C1CC1. The number of non-ortho nitro benzene ring substituents is 1. The van der Waals surface area contributed by atoms with Crippen molar-refractivity contribution in [3.63, 3.8) is 0 Å². The smallest absolute Gasteiger partial charge is 0.269 e. The van der Waals surface area contributed by atoms with Gasteiger partial charge in [0.2, 0.25) is 0 Å². The Kier molecular flexibility index (Phi) is 4.60. The van der Waals surface area contributed by atoms with Crippen molar-refractivity contribution >= 4 is 11.4 Å². The van der Waals surface area contributed by atoms with Gasteiger partial charge < -0.3 is 5.32 Å². The van der Waals surface area contributed by atoms with Gasteiger partial charge in [-0.2, -0.15) is 0 Å². The number of hydrogen-bond acceptors (Lipinski definition) is 4. The summed E-state index contributed by atoms with van der Waals surface area (Å²) in [5.41, 5.74) is 2.15. The van der Waals surface area contributed by atoms with Crippen LogP contribution in [0.25, 0.3) is 0 Å². The molecule has 110 valence electrons. The van der Waals surface area contributed by atoms with Crippen LogP contribution in [0.4, 0.5) is 11.4 Å². The number of benzene rings is 1. The van der Waals surface area contributed by atoms with E-state index in [-0.39, 0.29) is 10.6 Å². The monoisotopic (exact) mass is 277 g/mol. The summed E-state index contributed by atoms with van der Waals surface area (Å²) >= 11 is 0. The quantitative estimate of drug-likeness (QED) is 0.614. The number of nitrogens with zero attached hydrogens (tertiary/aromatic N) is 2. The second kappa shape index (κ2) is 6.22. The minimum absolute atomic E-state index is 0.166. The Balaban J connectivity index is 2.20. The molecule has 0 aliphatic heterocycles. The molecule has 20 heavy (non-hydrogen) atoms. The standard InChI is InChI=1S/C15H23N3O2/c1-11(2)9-17(13-4-5-13)10-12-8-14(18(19)20)6-7-15(12)16-3/h6-8,11,13,16H,4-5,9-10H2,1-3H3. The van der Waals surface area contributed by atoms with Crippen molar-refractivity contribution in [2.45, 2.75) is 39.3 Å². The number of rotatable bonds is 7. The summed E-state index contributed by atoms with van der Waals surface area (Å²) < 4.78 is 0. The Morgan fingerprint density at radius 3 is 2.65 bits per heavy atom. The molecule has 0 bridgehead atoms. The van der Waals surface area contributed by atoms with Crippen molar-refractivity contribution in [3.8, 4) is 0 Å². The van der Waals surface area contributed by atoms with Gasteiger partial charge in [-0.05, 0) is 30.4 Å². The molecule has 5 heteroatoms. The molecule has 0 atom stereocenters. The fraction of sp³-hybridized carbons (Fsp3) is 0.600. The lowest BCUT2D eigenvalue weighted by Gasteiger charge is -2.25.